The summed E-state index contributed by atoms with van der Waals surface area (Å²) in [5.74, 6) is 1.61. The van der Waals surface area contributed by atoms with E-state index in [-0.39, 0.29) is 5.97 Å². The number of nitrogens with zero attached hydrogens (tertiary/aromatic N) is 4. The molecule has 0 saturated heterocycles. The number of carbonyl (C=O) groups is 1. The quantitative estimate of drug-likeness (QED) is 0.696. The summed E-state index contributed by atoms with van der Waals surface area (Å²) in [5.41, 5.74) is 0. The van der Waals surface area contributed by atoms with Crippen LogP contribution in [0.25, 0.3) is 0 Å². The molecule has 0 atom stereocenters. The largest absolute Gasteiger partial charge is 0.465 e. The average Bonchev–Trinajstić information content (AvgIpc) is 3.11. The fourth-order valence-electron chi connectivity index (χ4n) is 1.90. The molecule has 0 aliphatic heterocycles. The molecule has 0 unspecified atom stereocenters. The Hall–Kier alpha value is -1.43. The zero-order valence-corrected chi connectivity index (χ0v) is 11.2. The summed E-state index contributed by atoms with van der Waals surface area (Å²) in [6.45, 7) is 5.17. The van der Waals surface area contributed by atoms with Crippen molar-refractivity contribution in [2.45, 2.75) is 39.3 Å². The van der Waals surface area contributed by atoms with Crippen LogP contribution < -0.4 is 0 Å². The molecule has 2 rings (SSSR count). The van der Waals surface area contributed by atoms with Gasteiger partial charge in [-0.05, 0) is 26.7 Å². The summed E-state index contributed by atoms with van der Waals surface area (Å²) in [4.78, 5) is 13.7. The molecule has 1 saturated carbocycles. The molecule has 100 valence electrons. The van der Waals surface area contributed by atoms with Gasteiger partial charge in [0.1, 0.15) is 11.6 Å². The smallest absolute Gasteiger partial charge is 0.320 e. The van der Waals surface area contributed by atoms with Crippen LogP contribution in [0.4, 0.5) is 0 Å². The van der Waals surface area contributed by atoms with E-state index in [4.69, 9.17) is 4.74 Å². The van der Waals surface area contributed by atoms with Crippen molar-refractivity contribution in [3.63, 3.8) is 0 Å². The van der Waals surface area contributed by atoms with Crippen LogP contribution in [0, 0.1) is 6.92 Å². The minimum atomic E-state index is -0.164. The Morgan fingerprint density at radius 3 is 2.72 bits per heavy atom. The minimum absolute atomic E-state index is 0.164. The maximum absolute atomic E-state index is 11.6. The monoisotopic (exact) mass is 252 g/mol. The van der Waals surface area contributed by atoms with Gasteiger partial charge < -0.3 is 9.30 Å². The van der Waals surface area contributed by atoms with Gasteiger partial charge in [-0.2, -0.15) is 0 Å². The molecular formula is C12H20N4O2. The number of esters is 1. The minimum Gasteiger partial charge on any atom is -0.465 e. The Labute approximate surface area is 107 Å². The van der Waals surface area contributed by atoms with Crippen LogP contribution in [0.5, 0.6) is 0 Å². The van der Waals surface area contributed by atoms with Gasteiger partial charge in [0, 0.05) is 13.1 Å². The highest BCUT2D eigenvalue weighted by Crippen LogP contribution is 2.27. The maximum atomic E-state index is 11.6. The predicted octanol–water partition coefficient (Wildman–Crippen LogP) is 0.651. The van der Waals surface area contributed by atoms with Crippen molar-refractivity contribution in [3.8, 4) is 0 Å². The van der Waals surface area contributed by atoms with E-state index >= 15 is 0 Å². The van der Waals surface area contributed by atoms with Crippen LogP contribution in [-0.4, -0.2) is 44.8 Å². The highest BCUT2D eigenvalue weighted by atomic mass is 16.5. The van der Waals surface area contributed by atoms with Crippen molar-refractivity contribution in [2.75, 3.05) is 13.2 Å². The van der Waals surface area contributed by atoms with Gasteiger partial charge in [0.05, 0.1) is 19.7 Å². The third kappa shape index (κ3) is 3.07. The molecule has 0 N–H and O–H groups in total. The van der Waals surface area contributed by atoms with Crippen LogP contribution in [0.3, 0.4) is 0 Å². The van der Waals surface area contributed by atoms with E-state index in [1.54, 1.807) is 0 Å². The lowest BCUT2D eigenvalue weighted by Crippen LogP contribution is -2.33. The lowest BCUT2D eigenvalue weighted by Gasteiger charge is -2.20. The van der Waals surface area contributed by atoms with E-state index < -0.39 is 0 Å². The van der Waals surface area contributed by atoms with Gasteiger partial charge in [0.2, 0.25) is 0 Å². The van der Waals surface area contributed by atoms with E-state index in [1.807, 2.05) is 25.5 Å². The third-order valence-electron chi connectivity index (χ3n) is 3.23. The summed E-state index contributed by atoms with van der Waals surface area (Å²) in [6, 6.07) is 0.492. The Balaban J connectivity index is 1.98. The molecule has 0 spiro atoms. The second kappa shape index (κ2) is 5.48. The van der Waals surface area contributed by atoms with Crippen LogP contribution in [0.2, 0.25) is 0 Å². The number of aryl methyl sites for hydroxylation is 1. The van der Waals surface area contributed by atoms with Gasteiger partial charge in [0.15, 0.2) is 0 Å². The van der Waals surface area contributed by atoms with Gasteiger partial charge in [-0.3, -0.25) is 9.69 Å². The van der Waals surface area contributed by atoms with Crippen LogP contribution in [0.1, 0.15) is 31.4 Å². The molecule has 1 aromatic heterocycles. The fraction of sp³-hybridized carbons (Fsp3) is 0.750. The van der Waals surface area contributed by atoms with E-state index in [9.17, 15) is 4.79 Å². The lowest BCUT2D eigenvalue weighted by atomic mass is 10.4. The van der Waals surface area contributed by atoms with Crippen molar-refractivity contribution in [2.24, 2.45) is 7.05 Å². The molecule has 0 bridgehead atoms. The molecule has 1 fully saturated rings. The van der Waals surface area contributed by atoms with Crippen molar-refractivity contribution in [3.05, 3.63) is 11.6 Å². The van der Waals surface area contributed by atoms with Crippen molar-refractivity contribution in [1.82, 2.24) is 19.7 Å². The van der Waals surface area contributed by atoms with E-state index in [1.165, 1.54) is 0 Å². The number of carbonyl (C=O) groups excluding carboxylic acids is 1. The van der Waals surface area contributed by atoms with Crippen molar-refractivity contribution >= 4 is 5.97 Å². The summed E-state index contributed by atoms with van der Waals surface area (Å²) in [5, 5.41) is 8.17. The maximum Gasteiger partial charge on any atom is 0.320 e. The Bertz CT molecular complexity index is 426. The highest BCUT2D eigenvalue weighted by Gasteiger charge is 2.31. The number of hydrogen-bond donors (Lipinski definition) is 0. The Kier molecular flexibility index (Phi) is 3.96. The molecule has 0 radical (unpaired) electrons. The van der Waals surface area contributed by atoms with Gasteiger partial charge >= 0.3 is 5.97 Å². The van der Waals surface area contributed by atoms with Gasteiger partial charge in [-0.25, -0.2) is 0 Å². The Morgan fingerprint density at radius 2 is 2.22 bits per heavy atom. The molecule has 6 nitrogen and oxygen atoms in total. The number of aromatic nitrogens is 3. The molecule has 0 aromatic carbocycles. The molecule has 6 heteroatoms. The summed E-state index contributed by atoms with van der Waals surface area (Å²) in [6.07, 6.45) is 2.30. The van der Waals surface area contributed by atoms with Crippen molar-refractivity contribution in [1.29, 1.82) is 0 Å². The average molecular weight is 252 g/mol. The van der Waals surface area contributed by atoms with E-state index in [0.717, 1.165) is 24.5 Å². The van der Waals surface area contributed by atoms with E-state index in [2.05, 4.69) is 15.1 Å². The highest BCUT2D eigenvalue weighted by molar-refractivity contribution is 5.71. The van der Waals surface area contributed by atoms with Crippen LogP contribution >= 0.6 is 0 Å². The molecule has 1 heterocycles. The standard InChI is InChI=1S/C12H20N4O2/c1-4-18-12(17)8-16(10-5-6-10)7-11-14-13-9(2)15(11)3/h10H,4-8H2,1-3H3. The van der Waals surface area contributed by atoms with Gasteiger partial charge in [-0.1, -0.05) is 0 Å². The molecular weight excluding hydrogens is 232 g/mol. The Morgan fingerprint density at radius 1 is 1.50 bits per heavy atom. The topological polar surface area (TPSA) is 60.2 Å². The third-order valence-corrected chi connectivity index (χ3v) is 3.23. The predicted molar refractivity (Wildman–Crippen MR) is 65.8 cm³/mol. The zero-order chi connectivity index (χ0) is 13.1. The normalized spacial score (nSPS) is 15.1. The first-order chi connectivity index (χ1) is 8.61. The molecule has 1 aromatic rings. The summed E-state index contributed by atoms with van der Waals surface area (Å²) < 4.78 is 6.96. The number of ether oxygens (including phenoxy) is 1. The number of hydrogen-bond acceptors (Lipinski definition) is 5. The van der Waals surface area contributed by atoms with Crippen LogP contribution in [-0.2, 0) is 23.1 Å². The molecule has 1 aliphatic carbocycles. The van der Waals surface area contributed by atoms with E-state index in [0.29, 0.717) is 25.7 Å². The fourth-order valence-corrected chi connectivity index (χ4v) is 1.90. The molecule has 1 aliphatic rings. The molecule has 18 heavy (non-hydrogen) atoms. The summed E-state index contributed by atoms with van der Waals surface area (Å²) >= 11 is 0. The van der Waals surface area contributed by atoms with Gasteiger partial charge in [0.25, 0.3) is 0 Å². The first-order valence-electron chi connectivity index (χ1n) is 6.36. The first-order valence-corrected chi connectivity index (χ1v) is 6.36. The second-order valence-corrected chi connectivity index (χ2v) is 4.66. The molecule has 0 amide bonds. The number of rotatable bonds is 6. The van der Waals surface area contributed by atoms with Crippen LogP contribution in [0.15, 0.2) is 0 Å². The second-order valence-electron chi connectivity index (χ2n) is 4.66. The zero-order valence-electron chi connectivity index (χ0n) is 11.2. The van der Waals surface area contributed by atoms with Gasteiger partial charge in [-0.15, -0.1) is 10.2 Å². The lowest BCUT2D eigenvalue weighted by molar-refractivity contribution is -0.144. The first kappa shape index (κ1) is 13.0. The van der Waals surface area contributed by atoms with Crippen molar-refractivity contribution < 1.29 is 9.53 Å². The SMILES string of the molecule is CCOC(=O)CN(Cc1nnc(C)n1C)C1CC1. The summed E-state index contributed by atoms with van der Waals surface area (Å²) in [7, 11) is 1.94.